The standard InChI is InChI=1S/C13H22N4/c1-9-6-10(2)16-13(15-9)17-12-5-3-4-11(7-12)8-14/h6,11-12H,3-5,7-8,14H2,1-2H3,(H,15,16,17). The molecule has 1 aromatic rings. The molecule has 2 rings (SSSR count). The minimum atomic E-state index is 0.485. The molecule has 0 aliphatic heterocycles. The highest BCUT2D eigenvalue weighted by Crippen LogP contribution is 2.25. The third-order valence-electron chi connectivity index (χ3n) is 3.43. The number of hydrogen-bond donors (Lipinski definition) is 2. The van der Waals surface area contributed by atoms with Crippen LogP contribution in [0.2, 0.25) is 0 Å². The molecule has 1 fully saturated rings. The molecular formula is C13H22N4. The molecule has 17 heavy (non-hydrogen) atoms. The molecule has 94 valence electrons. The van der Waals surface area contributed by atoms with Crippen molar-refractivity contribution in [2.45, 2.75) is 45.6 Å². The molecular weight excluding hydrogens is 212 g/mol. The van der Waals surface area contributed by atoms with E-state index < -0.39 is 0 Å². The van der Waals surface area contributed by atoms with E-state index in [4.69, 9.17) is 5.73 Å². The quantitative estimate of drug-likeness (QED) is 0.840. The fourth-order valence-corrected chi connectivity index (χ4v) is 2.61. The van der Waals surface area contributed by atoms with Gasteiger partial charge in [-0.2, -0.15) is 0 Å². The van der Waals surface area contributed by atoms with Crippen molar-refractivity contribution in [3.63, 3.8) is 0 Å². The van der Waals surface area contributed by atoms with Crippen molar-refractivity contribution in [3.05, 3.63) is 17.5 Å². The SMILES string of the molecule is Cc1cc(C)nc(NC2CCCC(CN)C2)n1. The largest absolute Gasteiger partial charge is 0.351 e. The first-order valence-electron chi connectivity index (χ1n) is 6.46. The third-order valence-corrected chi connectivity index (χ3v) is 3.43. The maximum absolute atomic E-state index is 5.75. The van der Waals surface area contributed by atoms with E-state index in [2.05, 4.69) is 15.3 Å². The van der Waals surface area contributed by atoms with Gasteiger partial charge in [-0.25, -0.2) is 9.97 Å². The number of rotatable bonds is 3. The van der Waals surface area contributed by atoms with Crippen LogP contribution in [-0.2, 0) is 0 Å². The molecule has 1 aliphatic carbocycles. The van der Waals surface area contributed by atoms with Gasteiger partial charge in [-0.1, -0.05) is 6.42 Å². The highest BCUT2D eigenvalue weighted by molar-refractivity contribution is 5.29. The van der Waals surface area contributed by atoms with Crippen LogP contribution in [0.15, 0.2) is 6.07 Å². The monoisotopic (exact) mass is 234 g/mol. The molecule has 1 heterocycles. The summed E-state index contributed by atoms with van der Waals surface area (Å²) in [6.45, 7) is 4.80. The van der Waals surface area contributed by atoms with E-state index >= 15 is 0 Å². The fourth-order valence-electron chi connectivity index (χ4n) is 2.61. The van der Waals surface area contributed by atoms with E-state index in [1.807, 2.05) is 19.9 Å². The van der Waals surface area contributed by atoms with Crippen LogP contribution in [-0.4, -0.2) is 22.6 Å². The Kier molecular flexibility index (Phi) is 3.94. The second-order valence-electron chi connectivity index (χ2n) is 5.08. The van der Waals surface area contributed by atoms with Gasteiger partial charge in [0.25, 0.3) is 0 Å². The van der Waals surface area contributed by atoms with Crippen LogP contribution < -0.4 is 11.1 Å². The van der Waals surface area contributed by atoms with E-state index in [1.165, 1.54) is 19.3 Å². The first-order valence-corrected chi connectivity index (χ1v) is 6.46. The highest BCUT2D eigenvalue weighted by Gasteiger charge is 2.21. The van der Waals surface area contributed by atoms with Gasteiger partial charge < -0.3 is 11.1 Å². The molecule has 0 bridgehead atoms. The van der Waals surface area contributed by atoms with E-state index in [-0.39, 0.29) is 0 Å². The van der Waals surface area contributed by atoms with Crippen molar-refractivity contribution in [2.75, 3.05) is 11.9 Å². The van der Waals surface area contributed by atoms with Gasteiger partial charge in [-0.15, -0.1) is 0 Å². The first kappa shape index (κ1) is 12.3. The molecule has 2 unspecified atom stereocenters. The minimum absolute atomic E-state index is 0.485. The lowest BCUT2D eigenvalue weighted by molar-refractivity contribution is 0.341. The van der Waals surface area contributed by atoms with Crippen molar-refractivity contribution in [2.24, 2.45) is 11.7 Å². The Morgan fingerprint density at radius 2 is 2.00 bits per heavy atom. The number of hydrogen-bond acceptors (Lipinski definition) is 4. The van der Waals surface area contributed by atoms with Crippen LogP contribution in [0.3, 0.4) is 0 Å². The highest BCUT2D eigenvalue weighted by atomic mass is 15.1. The van der Waals surface area contributed by atoms with Gasteiger partial charge in [0.15, 0.2) is 0 Å². The number of nitrogens with zero attached hydrogens (tertiary/aromatic N) is 2. The van der Waals surface area contributed by atoms with E-state index in [0.717, 1.165) is 30.3 Å². The first-order chi connectivity index (χ1) is 8.17. The summed E-state index contributed by atoms with van der Waals surface area (Å²) in [5.74, 6) is 1.43. The van der Waals surface area contributed by atoms with Gasteiger partial charge in [0.1, 0.15) is 0 Å². The average molecular weight is 234 g/mol. The zero-order chi connectivity index (χ0) is 12.3. The van der Waals surface area contributed by atoms with Gasteiger partial charge in [0, 0.05) is 17.4 Å². The Morgan fingerprint density at radius 3 is 2.65 bits per heavy atom. The Balaban J connectivity index is 2.00. The predicted molar refractivity (Wildman–Crippen MR) is 69.9 cm³/mol. The molecule has 1 aromatic heterocycles. The molecule has 1 aliphatic rings. The molecule has 0 spiro atoms. The lowest BCUT2D eigenvalue weighted by Crippen LogP contribution is -2.31. The molecule has 4 heteroatoms. The maximum atomic E-state index is 5.75. The summed E-state index contributed by atoms with van der Waals surface area (Å²) >= 11 is 0. The summed E-state index contributed by atoms with van der Waals surface area (Å²) in [5, 5.41) is 3.45. The van der Waals surface area contributed by atoms with E-state index in [0.29, 0.717) is 12.0 Å². The summed E-state index contributed by atoms with van der Waals surface area (Å²) in [5.41, 5.74) is 7.79. The molecule has 3 N–H and O–H groups in total. The Bertz CT molecular complexity index is 357. The predicted octanol–water partition coefficient (Wildman–Crippen LogP) is 2.02. The van der Waals surface area contributed by atoms with Crippen LogP contribution in [0.1, 0.15) is 37.1 Å². The van der Waals surface area contributed by atoms with Crippen LogP contribution in [0.5, 0.6) is 0 Å². The van der Waals surface area contributed by atoms with Crippen LogP contribution in [0.4, 0.5) is 5.95 Å². The van der Waals surface area contributed by atoms with Crippen molar-refractivity contribution in [1.82, 2.24) is 9.97 Å². The second kappa shape index (κ2) is 5.45. The number of aryl methyl sites for hydroxylation is 2. The smallest absolute Gasteiger partial charge is 0.223 e. The Morgan fingerprint density at radius 1 is 1.29 bits per heavy atom. The summed E-state index contributed by atoms with van der Waals surface area (Å²) in [6, 6.07) is 2.48. The number of nitrogens with one attached hydrogen (secondary N) is 1. The van der Waals surface area contributed by atoms with Gasteiger partial charge >= 0.3 is 0 Å². The van der Waals surface area contributed by atoms with Crippen molar-refractivity contribution < 1.29 is 0 Å². The van der Waals surface area contributed by atoms with Gasteiger partial charge in [-0.3, -0.25) is 0 Å². The summed E-state index contributed by atoms with van der Waals surface area (Å²) in [6.07, 6.45) is 4.87. The summed E-state index contributed by atoms with van der Waals surface area (Å²) < 4.78 is 0. The molecule has 4 nitrogen and oxygen atoms in total. The molecule has 1 saturated carbocycles. The Hall–Kier alpha value is -1.16. The van der Waals surface area contributed by atoms with Crippen LogP contribution in [0, 0.1) is 19.8 Å². The van der Waals surface area contributed by atoms with Crippen LogP contribution >= 0.6 is 0 Å². The normalized spacial score (nSPS) is 24.6. The van der Waals surface area contributed by atoms with Crippen molar-refractivity contribution in [3.8, 4) is 0 Å². The number of aromatic nitrogens is 2. The lowest BCUT2D eigenvalue weighted by Gasteiger charge is -2.29. The molecule has 0 radical (unpaired) electrons. The number of anilines is 1. The topological polar surface area (TPSA) is 63.8 Å². The summed E-state index contributed by atoms with van der Waals surface area (Å²) in [7, 11) is 0. The maximum Gasteiger partial charge on any atom is 0.223 e. The Labute approximate surface area is 103 Å². The van der Waals surface area contributed by atoms with Gasteiger partial charge in [0.05, 0.1) is 0 Å². The average Bonchev–Trinajstić information content (AvgIpc) is 2.28. The summed E-state index contributed by atoms with van der Waals surface area (Å²) in [4.78, 5) is 8.85. The number of nitrogens with two attached hydrogens (primary N) is 1. The second-order valence-corrected chi connectivity index (χ2v) is 5.08. The molecule has 0 saturated heterocycles. The van der Waals surface area contributed by atoms with Crippen LogP contribution in [0.25, 0.3) is 0 Å². The van der Waals surface area contributed by atoms with E-state index in [9.17, 15) is 0 Å². The molecule has 0 amide bonds. The van der Waals surface area contributed by atoms with Gasteiger partial charge in [0.2, 0.25) is 5.95 Å². The van der Waals surface area contributed by atoms with E-state index in [1.54, 1.807) is 0 Å². The lowest BCUT2D eigenvalue weighted by atomic mass is 9.86. The molecule has 0 aromatic carbocycles. The third kappa shape index (κ3) is 3.40. The fraction of sp³-hybridized carbons (Fsp3) is 0.692. The van der Waals surface area contributed by atoms with Crippen molar-refractivity contribution >= 4 is 5.95 Å². The molecule has 2 atom stereocenters. The zero-order valence-electron chi connectivity index (χ0n) is 10.7. The minimum Gasteiger partial charge on any atom is -0.351 e. The van der Waals surface area contributed by atoms with Crippen molar-refractivity contribution in [1.29, 1.82) is 0 Å². The zero-order valence-corrected chi connectivity index (χ0v) is 10.7. The van der Waals surface area contributed by atoms with Gasteiger partial charge in [-0.05, 0) is 51.6 Å².